The van der Waals surface area contributed by atoms with E-state index in [1.54, 1.807) is 0 Å². The van der Waals surface area contributed by atoms with Crippen LogP contribution in [0.25, 0.3) is 0 Å². The molecule has 23 heavy (non-hydrogen) atoms. The third-order valence-electron chi connectivity index (χ3n) is 6.53. The molecule has 0 heterocycles. The smallest absolute Gasteiger partial charge is 0.168 e. The van der Waals surface area contributed by atoms with E-state index >= 15 is 0 Å². The summed E-state index contributed by atoms with van der Waals surface area (Å²) in [6.45, 7) is 14.3. The van der Waals surface area contributed by atoms with Crippen molar-refractivity contribution in [3.63, 3.8) is 0 Å². The molecule has 1 aliphatic rings. The number of hydrogen-bond acceptors (Lipinski definition) is 1. The Kier molecular flexibility index (Phi) is 8.59. The molecule has 0 N–H and O–H groups in total. The fourth-order valence-corrected chi connectivity index (χ4v) is 10.2. The third kappa shape index (κ3) is 5.19. The lowest BCUT2D eigenvalue weighted by Gasteiger charge is -2.54. The lowest BCUT2D eigenvalue weighted by molar-refractivity contribution is 0.206. The molecule has 0 saturated heterocycles. The van der Waals surface area contributed by atoms with Gasteiger partial charge in [0.05, 0.1) is 0 Å². The van der Waals surface area contributed by atoms with E-state index in [0.29, 0.717) is 17.2 Å². The van der Waals surface area contributed by atoms with Crippen LogP contribution >= 0.6 is 33.4 Å². The molecule has 5 unspecified atom stereocenters. The Hall–Kier alpha value is 0.890. The van der Waals surface area contributed by atoms with Crippen molar-refractivity contribution in [3.8, 4) is 0 Å². The normalized spacial score (nSPS) is 35.3. The first-order chi connectivity index (χ1) is 10.5. The van der Waals surface area contributed by atoms with Crippen LogP contribution in [0.3, 0.4) is 0 Å². The summed E-state index contributed by atoms with van der Waals surface area (Å²) >= 11 is 12.8. The molecule has 1 fully saturated rings. The largest absolute Gasteiger partial charge is 0.235 e. The van der Waals surface area contributed by atoms with Gasteiger partial charge in [0.1, 0.15) is 0 Å². The lowest BCUT2D eigenvalue weighted by atomic mass is 9.76. The van der Waals surface area contributed by atoms with Gasteiger partial charge in [-0.05, 0) is 56.5 Å². The molecule has 1 saturated carbocycles. The van der Waals surface area contributed by atoms with Crippen molar-refractivity contribution in [3.05, 3.63) is 0 Å². The molecule has 1 nitrogen and oxygen atoms in total. The summed E-state index contributed by atoms with van der Waals surface area (Å²) in [5.41, 5.74) is 0. The van der Waals surface area contributed by atoms with E-state index in [-0.39, 0.29) is 0 Å². The van der Waals surface area contributed by atoms with Gasteiger partial charge in [-0.15, -0.1) is 0 Å². The van der Waals surface area contributed by atoms with Crippen molar-refractivity contribution in [2.24, 2.45) is 23.7 Å². The van der Waals surface area contributed by atoms with Crippen molar-refractivity contribution < 1.29 is 0 Å². The van der Waals surface area contributed by atoms with E-state index in [1.807, 2.05) is 0 Å². The summed E-state index contributed by atoms with van der Waals surface area (Å²) in [6.07, 6.45) is 10.3. The quantitative estimate of drug-likeness (QED) is 0.375. The molecule has 0 aromatic rings. The zero-order valence-corrected chi connectivity index (χ0v) is 18.8. The second-order valence-electron chi connectivity index (χ2n) is 8.46. The number of halogens is 2. The van der Waals surface area contributed by atoms with Gasteiger partial charge in [-0.1, -0.05) is 70.2 Å². The van der Waals surface area contributed by atoms with Crippen LogP contribution in [0.2, 0.25) is 0 Å². The molecule has 0 amide bonds. The molecule has 0 aromatic heterocycles. The first kappa shape index (κ1) is 21.9. The zero-order chi connectivity index (χ0) is 17.9. The highest BCUT2D eigenvalue weighted by molar-refractivity contribution is 8.31. The van der Waals surface area contributed by atoms with E-state index in [1.165, 1.54) is 25.7 Å². The monoisotopic (exact) mass is 383 g/mol. The Morgan fingerprint density at radius 3 is 1.87 bits per heavy atom. The second kappa shape index (κ2) is 9.01. The average molecular weight is 385 g/mol. The predicted octanol–water partition coefficient (Wildman–Crippen LogP) is 6.92. The third-order valence-corrected chi connectivity index (χ3v) is 11.0. The van der Waals surface area contributed by atoms with Crippen molar-refractivity contribution in [2.45, 2.75) is 83.5 Å². The summed E-state index contributed by atoms with van der Waals surface area (Å²) in [7, 11) is -1.03. The maximum absolute atomic E-state index is 6.40. The molecule has 0 bridgehead atoms. The van der Waals surface area contributed by atoms with Crippen molar-refractivity contribution >= 4 is 33.4 Å². The van der Waals surface area contributed by atoms with Gasteiger partial charge < -0.3 is 0 Å². The van der Waals surface area contributed by atoms with Crippen LogP contribution in [0.5, 0.6) is 0 Å². The number of hydrogen-bond donors (Lipinski definition) is 0. The van der Waals surface area contributed by atoms with Crippen LogP contribution in [-0.4, -0.2) is 33.1 Å². The van der Waals surface area contributed by atoms with Crippen LogP contribution in [0.4, 0.5) is 0 Å². The van der Waals surface area contributed by atoms with Gasteiger partial charge >= 0.3 is 0 Å². The van der Waals surface area contributed by atoms with Crippen LogP contribution < -0.4 is 0 Å². The van der Waals surface area contributed by atoms with Gasteiger partial charge in [-0.2, -0.15) is 10.2 Å². The summed E-state index contributed by atoms with van der Waals surface area (Å²) in [4.78, 5) is -0.411. The maximum atomic E-state index is 6.40. The zero-order valence-electron chi connectivity index (χ0n) is 16.5. The number of rotatable bonds is 4. The molecule has 5 atom stereocenters. The molecular weight excluding hydrogens is 345 g/mol. The van der Waals surface area contributed by atoms with E-state index in [9.17, 15) is 0 Å². The molecule has 0 radical (unpaired) electrons. The maximum Gasteiger partial charge on any atom is 0.168 e. The molecule has 0 aliphatic heterocycles. The highest BCUT2D eigenvalue weighted by Gasteiger charge is 2.41. The lowest BCUT2D eigenvalue weighted by Crippen LogP contribution is -2.44. The summed E-state index contributed by atoms with van der Waals surface area (Å²) in [6, 6.07) is 0.381. The Bertz CT molecular complexity index is 351. The van der Waals surface area contributed by atoms with Gasteiger partial charge in [0.25, 0.3) is 0 Å². The van der Waals surface area contributed by atoms with Crippen LogP contribution in [0.1, 0.15) is 67.2 Å². The van der Waals surface area contributed by atoms with Gasteiger partial charge in [0.15, 0.2) is 4.96 Å². The van der Waals surface area contributed by atoms with E-state index in [2.05, 4.69) is 58.4 Å². The fourth-order valence-electron chi connectivity index (χ4n) is 4.62. The minimum atomic E-state index is -1.03. The number of alkyl halides is 2. The predicted molar refractivity (Wildman–Crippen MR) is 111 cm³/mol. The van der Waals surface area contributed by atoms with E-state index in [0.717, 1.165) is 17.8 Å². The van der Waals surface area contributed by atoms with Crippen LogP contribution in [0, 0.1) is 23.7 Å². The van der Waals surface area contributed by atoms with Gasteiger partial charge in [-0.3, -0.25) is 0 Å². The molecule has 0 aromatic carbocycles. The average Bonchev–Trinajstić information content (AvgIpc) is 2.46. The minimum Gasteiger partial charge on any atom is -0.235 e. The Balaban J connectivity index is 3.14. The highest BCUT2D eigenvalue weighted by Crippen LogP contribution is 2.58. The van der Waals surface area contributed by atoms with Gasteiger partial charge in [-0.25, -0.2) is 4.31 Å². The van der Waals surface area contributed by atoms with E-state index in [4.69, 9.17) is 23.2 Å². The fraction of sp³-hybridized carbons (Fsp3) is 1.00. The van der Waals surface area contributed by atoms with E-state index < -0.39 is 15.2 Å². The molecule has 0 spiro atoms. The van der Waals surface area contributed by atoms with Gasteiger partial charge in [0, 0.05) is 11.3 Å². The molecule has 1 aliphatic carbocycles. The number of nitrogens with zero attached hydrogens (tertiary/aromatic N) is 1. The Labute approximate surface area is 157 Å². The molecular formula is C19H39Cl2NS. The minimum absolute atomic E-state index is 0.381. The Morgan fingerprint density at radius 1 is 0.870 bits per heavy atom. The van der Waals surface area contributed by atoms with Crippen LogP contribution in [0.15, 0.2) is 0 Å². The molecule has 140 valence electrons. The Morgan fingerprint density at radius 2 is 1.39 bits per heavy atom. The topological polar surface area (TPSA) is 3.24 Å². The summed E-state index contributed by atoms with van der Waals surface area (Å²) < 4.78 is 2.38. The van der Waals surface area contributed by atoms with Gasteiger partial charge in [0.2, 0.25) is 0 Å². The SMILES string of the molecule is CC1CCCCC(S(C)(C)N(C(C)C)C(Cl)Cl)C(C)C(C)C1C. The van der Waals surface area contributed by atoms with Crippen molar-refractivity contribution in [1.29, 1.82) is 0 Å². The highest BCUT2D eigenvalue weighted by atomic mass is 35.5. The second-order valence-corrected chi connectivity index (χ2v) is 13.2. The summed E-state index contributed by atoms with van der Waals surface area (Å²) in [5.74, 6) is 3.08. The standard InChI is InChI=1S/C19H39Cl2NS/c1-13(2)22(19(20)21)23(7,8)18-12-10-9-11-14(3)15(4)16(5)17(18)6/h13-19H,9-12H2,1-8H3. The van der Waals surface area contributed by atoms with Crippen LogP contribution in [-0.2, 0) is 0 Å². The first-order valence-electron chi connectivity index (χ1n) is 9.30. The molecule has 4 heteroatoms. The van der Waals surface area contributed by atoms with Crippen molar-refractivity contribution in [1.82, 2.24) is 4.31 Å². The summed E-state index contributed by atoms with van der Waals surface area (Å²) in [5, 5.41) is 0.702. The first-order valence-corrected chi connectivity index (χ1v) is 12.6. The van der Waals surface area contributed by atoms with Crippen molar-refractivity contribution in [2.75, 3.05) is 12.5 Å². The molecule has 1 rings (SSSR count).